The second kappa shape index (κ2) is 5.26. The molecule has 4 heteroatoms. The van der Waals surface area contributed by atoms with Crippen molar-refractivity contribution in [2.45, 2.75) is 32.9 Å². The van der Waals surface area contributed by atoms with Gasteiger partial charge in [0.25, 0.3) is 0 Å². The normalized spacial score (nSPS) is 22.1. The molecule has 1 N–H and O–H groups in total. The van der Waals surface area contributed by atoms with Crippen LogP contribution >= 0.6 is 0 Å². The number of piperazine rings is 1. The number of nitrogens with zero attached hydrogens (tertiary/aromatic N) is 1. The van der Waals surface area contributed by atoms with E-state index in [-0.39, 0.29) is 0 Å². The first-order valence-electron chi connectivity index (χ1n) is 7.35. The molecule has 4 nitrogen and oxygen atoms in total. The Labute approximate surface area is 121 Å². The topological polar surface area (TPSA) is 33.7 Å². The number of benzene rings is 1. The number of hydrogen-bond acceptors (Lipinski definition) is 4. The molecule has 0 radical (unpaired) electrons. The highest BCUT2D eigenvalue weighted by atomic mass is 16.5. The molecule has 1 aromatic rings. The average Bonchev–Trinajstić information content (AvgIpc) is 2.47. The van der Waals surface area contributed by atoms with Gasteiger partial charge in [-0.1, -0.05) is 0 Å². The smallest absolute Gasteiger partial charge is 0.127 e. The van der Waals surface area contributed by atoms with Gasteiger partial charge in [-0.25, -0.2) is 0 Å². The minimum absolute atomic E-state index is 0.581. The zero-order valence-electron chi connectivity index (χ0n) is 12.9. The third-order valence-corrected chi connectivity index (χ3v) is 4.84. The van der Waals surface area contributed by atoms with Crippen molar-refractivity contribution in [3.63, 3.8) is 0 Å². The van der Waals surface area contributed by atoms with Crippen molar-refractivity contribution < 1.29 is 9.47 Å². The minimum Gasteiger partial charge on any atom is -0.496 e. The van der Waals surface area contributed by atoms with Crippen LogP contribution in [0.1, 0.15) is 22.3 Å². The summed E-state index contributed by atoms with van der Waals surface area (Å²) in [7, 11) is 3.55. The summed E-state index contributed by atoms with van der Waals surface area (Å²) in [6, 6.07) is 0.581. The van der Waals surface area contributed by atoms with E-state index in [9.17, 15) is 0 Å². The summed E-state index contributed by atoms with van der Waals surface area (Å²) in [5.74, 6) is 2.11. The van der Waals surface area contributed by atoms with Crippen molar-refractivity contribution in [3.05, 3.63) is 22.3 Å². The Hall–Kier alpha value is -1.26. The highest BCUT2D eigenvalue weighted by Crippen LogP contribution is 2.42. The Kier molecular flexibility index (Phi) is 3.61. The molecule has 2 aliphatic heterocycles. The lowest BCUT2D eigenvalue weighted by atomic mass is 9.87. The Morgan fingerprint density at radius 2 is 1.70 bits per heavy atom. The molecule has 1 atom stereocenters. The maximum Gasteiger partial charge on any atom is 0.127 e. The lowest BCUT2D eigenvalue weighted by Gasteiger charge is -2.41. The molecule has 1 fully saturated rings. The lowest BCUT2D eigenvalue weighted by molar-refractivity contribution is 0.136. The molecule has 1 unspecified atom stereocenters. The standard InChI is InChI=1S/C16H24N2O2/c1-10-11(2)16(20-4)14-9-18-6-5-17-8-12(18)7-13(14)15(10)19-3/h12,17H,5-9H2,1-4H3. The van der Waals surface area contributed by atoms with E-state index >= 15 is 0 Å². The first-order chi connectivity index (χ1) is 9.67. The van der Waals surface area contributed by atoms with E-state index in [1.807, 2.05) is 0 Å². The summed E-state index contributed by atoms with van der Waals surface area (Å²) in [5, 5.41) is 3.49. The summed E-state index contributed by atoms with van der Waals surface area (Å²) in [6.07, 6.45) is 1.04. The molecule has 1 saturated heterocycles. The van der Waals surface area contributed by atoms with Crippen LogP contribution in [0.5, 0.6) is 11.5 Å². The minimum atomic E-state index is 0.581. The van der Waals surface area contributed by atoms with Gasteiger partial charge in [0, 0.05) is 43.3 Å². The van der Waals surface area contributed by atoms with Gasteiger partial charge in [-0.15, -0.1) is 0 Å². The fraction of sp³-hybridized carbons (Fsp3) is 0.625. The van der Waals surface area contributed by atoms with E-state index in [4.69, 9.17) is 9.47 Å². The molecule has 0 aliphatic carbocycles. The van der Waals surface area contributed by atoms with Crippen molar-refractivity contribution in [2.24, 2.45) is 0 Å². The molecule has 0 saturated carbocycles. The highest BCUT2D eigenvalue weighted by Gasteiger charge is 2.33. The van der Waals surface area contributed by atoms with Crippen LogP contribution in [-0.2, 0) is 13.0 Å². The number of nitrogens with one attached hydrogen (secondary N) is 1. The van der Waals surface area contributed by atoms with Gasteiger partial charge in [0.2, 0.25) is 0 Å². The van der Waals surface area contributed by atoms with Crippen molar-refractivity contribution in [2.75, 3.05) is 33.9 Å². The van der Waals surface area contributed by atoms with Crippen LogP contribution in [-0.4, -0.2) is 44.8 Å². The third-order valence-electron chi connectivity index (χ3n) is 4.84. The largest absolute Gasteiger partial charge is 0.496 e. The molecule has 0 aromatic heterocycles. The zero-order chi connectivity index (χ0) is 14.3. The summed E-state index contributed by atoms with van der Waals surface area (Å²) >= 11 is 0. The van der Waals surface area contributed by atoms with E-state index in [1.54, 1.807) is 14.2 Å². The second-order valence-corrected chi connectivity index (χ2v) is 5.81. The van der Waals surface area contributed by atoms with Gasteiger partial charge in [-0.3, -0.25) is 4.90 Å². The number of rotatable bonds is 2. The first-order valence-corrected chi connectivity index (χ1v) is 7.35. The van der Waals surface area contributed by atoms with Crippen LogP contribution < -0.4 is 14.8 Å². The fourth-order valence-corrected chi connectivity index (χ4v) is 3.65. The Morgan fingerprint density at radius 1 is 1.05 bits per heavy atom. The maximum atomic E-state index is 5.71. The summed E-state index contributed by atoms with van der Waals surface area (Å²) in [4.78, 5) is 2.57. The van der Waals surface area contributed by atoms with E-state index in [0.717, 1.165) is 44.1 Å². The maximum absolute atomic E-state index is 5.71. The van der Waals surface area contributed by atoms with Crippen LogP contribution in [0, 0.1) is 13.8 Å². The van der Waals surface area contributed by atoms with Crippen LogP contribution in [0.25, 0.3) is 0 Å². The molecule has 2 aliphatic rings. The lowest BCUT2D eigenvalue weighted by Crippen LogP contribution is -2.53. The number of ether oxygens (including phenoxy) is 2. The highest BCUT2D eigenvalue weighted by molar-refractivity contribution is 5.59. The molecule has 20 heavy (non-hydrogen) atoms. The van der Waals surface area contributed by atoms with Crippen molar-refractivity contribution in [1.82, 2.24) is 10.2 Å². The molecular formula is C16H24N2O2. The van der Waals surface area contributed by atoms with Gasteiger partial charge in [-0.05, 0) is 31.4 Å². The third kappa shape index (κ3) is 1.98. The quantitative estimate of drug-likeness (QED) is 0.890. The van der Waals surface area contributed by atoms with Gasteiger partial charge in [0.1, 0.15) is 11.5 Å². The SMILES string of the molecule is COc1c(C)c(C)c(OC)c2c1CC1CNCCN1C2. The molecule has 110 valence electrons. The van der Waals surface area contributed by atoms with Gasteiger partial charge >= 0.3 is 0 Å². The summed E-state index contributed by atoms with van der Waals surface area (Å²) < 4.78 is 11.4. The Morgan fingerprint density at radius 3 is 2.35 bits per heavy atom. The van der Waals surface area contributed by atoms with Gasteiger partial charge < -0.3 is 14.8 Å². The van der Waals surface area contributed by atoms with Crippen molar-refractivity contribution >= 4 is 0 Å². The van der Waals surface area contributed by atoms with Gasteiger partial charge in [0.05, 0.1) is 14.2 Å². The second-order valence-electron chi connectivity index (χ2n) is 5.81. The van der Waals surface area contributed by atoms with Crippen LogP contribution in [0.15, 0.2) is 0 Å². The first kappa shape index (κ1) is 13.7. The molecule has 0 spiro atoms. The summed E-state index contributed by atoms with van der Waals surface area (Å²) in [5.41, 5.74) is 5.08. The van der Waals surface area contributed by atoms with Crippen LogP contribution in [0.3, 0.4) is 0 Å². The summed E-state index contributed by atoms with van der Waals surface area (Å²) in [6.45, 7) is 8.49. The Bertz CT molecular complexity index is 481. The number of hydrogen-bond donors (Lipinski definition) is 1. The van der Waals surface area contributed by atoms with Gasteiger partial charge in [0.15, 0.2) is 0 Å². The zero-order valence-corrected chi connectivity index (χ0v) is 12.9. The number of fused-ring (bicyclic) bond motifs is 2. The molecule has 0 bridgehead atoms. The van der Waals surface area contributed by atoms with Crippen molar-refractivity contribution in [3.8, 4) is 11.5 Å². The van der Waals surface area contributed by atoms with E-state index in [2.05, 4.69) is 24.1 Å². The molecule has 2 heterocycles. The predicted octanol–water partition coefficient (Wildman–Crippen LogP) is 1.65. The molecule has 1 aromatic carbocycles. The average molecular weight is 276 g/mol. The molecular weight excluding hydrogens is 252 g/mol. The van der Waals surface area contributed by atoms with E-state index in [1.165, 1.54) is 22.3 Å². The van der Waals surface area contributed by atoms with E-state index in [0.29, 0.717) is 6.04 Å². The van der Waals surface area contributed by atoms with Crippen molar-refractivity contribution in [1.29, 1.82) is 0 Å². The van der Waals surface area contributed by atoms with Gasteiger partial charge in [-0.2, -0.15) is 0 Å². The molecule has 3 rings (SSSR count). The van der Waals surface area contributed by atoms with Crippen LogP contribution in [0.2, 0.25) is 0 Å². The van der Waals surface area contributed by atoms with Crippen LogP contribution in [0.4, 0.5) is 0 Å². The molecule has 0 amide bonds. The predicted molar refractivity (Wildman–Crippen MR) is 79.8 cm³/mol. The Balaban J connectivity index is 2.13. The fourth-order valence-electron chi connectivity index (χ4n) is 3.65. The monoisotopic (exact) mass is 276 g/mol. The van der Waals surface area contributed by atoms with E-state index < -0.39 is 0 Å². The number of methoxy groups -OCH3 is 2.